The number of hydrogen-bond donors (Lipinski definition) is 2. The van der Waals surface area contributed by atoms with E-state index in [0.717, 1.165) is 6.07 Å². The molecule has 0 spiro atoms. The van der Waals surface area contributed by atoms with Crippen molar-refractivity contribution in [3.8, 4) is 0 Å². The second-order valence-electron chi connectivity index (χ2n) is 3.66. The predicted octanol–water partition coefficient (Wildman–Crippen LogP) is 2.51. The van der Waals surface area contributed by atoms with Crippen LogP contribution in [0.2, 0.25) is 0 Å². The van der Waals surface area contributed by atoms with Gasteiger partial charge in [-0.15, -0.1) is 11.8 Å². The molecular formula is C12H15F2NO2S. The maximum absolute atomic E-state index is 13.3. The first-order chi connectivity index (χ1) is 8.54. The molecule has 3 nitrogen and oxygen atoms in total. The molecule has 0 fully saturated rings. The summed E-state index contributed by atoms with van der Waals surface area (Å²) in [6.07, 6.45) is 0.380. The van der Waals surface area contributed by atoms with E-state index in [9.17, 15) is 13.6 Å². The van der Waals surface area contributed by atoms with Gasteiger partial charge in [-0.25, -0.2) is 8.78 Å². The number of carbonyl (C=O) groups is 1. The first-order valence-electron chi connectivity index (χ1n) is 5.58. The van der Waals surface area contributed by atoms with Crippen molar-refractivity contribution in [2.75, 3.05) is 12.3 Å². The first-order valence-corrected chi connectivity index (χ1v) is 6.57. The zero-order valence-corrected chi connectivity index (χ0v) is 10.8. The molecule has 0 aliphatic carbocycles. The second kappa shape index (κ2) is 7.33. The van der Waals surface area contributed by atoms with Gasteiger partial charge in [-0.2, -0.15) is 0 Å². The monoisotopic (exact) mass is 275 g/mol. The Balaban J connectivity index is 2.47. The third-order valence-corrected chi connectivity index (χ3v) is 3.39. The molecule has 1 rings (SSSR count). The van der Waals surface area contributed by atoms with E-state index in [0.29, 0.717) is 23.6 Å². The first kappa shape index (κ1) is 14.9. The highest BCUT2D eigenvalue weighted by Crippen LogP contribution is 2.23. The molecule has 0 aromatic heterocycles. The van der Waals surface area contributed by atoms with E-state index < -0.39 is 23.6 Å². The van der Waals surface area contributed by atoms with Crippen LogP contribution in [0.3, 0.4) is 0 Å². The van der Waals surface area contributed by atoms with Crippen LogP contribution in [0.1, 0.15) is 13.3 Å². The number of hydrogen-bond acceptors (Lipinski definition) is 3. The summed E-state index contributed by atoms with van der Waals surface area (Å²) in [4.78, 5) is 11.2. The number of benzene rings is 1. The van der Waals surface area contributed by atoms with Crippen molar-refractivity contribution in [2.45, 2.75) is 24.3 Å². The van der Waals surface area contributed by atoms with Gasteiger partial charge in [-0.3, -0.25) is 4.79 Å². The Hall–Kier alpha value is -1.14. The number of carboxylic acids is 1. The molecule has 18 heavy (non-hydrogen) atoms. The van der Waals surface area contributed by atoms with Crippen molar-refractivity contribution < 1.29 is 18.7 Å². The number of rotatable bonds is 7. The minimum atomic E-state index is -0.919. The molecule has 1 atom stereocenters. The fourth-order valence-corrected chi connectivity index (χ4v) is 2.37. The summed E-state index contributed by atoms with van der Waals surface area (Å²) in [7, 11) is 0. The molecule has 0 amide bonds. The van der Waals surface area contributed by atoms with Crippen molar-refractivity contribution in [3.63, 3.8) is 0 Å². The lowest BCUT2D eigenvalue weighted by Gasteiger charge is -2.12. The number of halogens is 2. The topological polar surface area (TPSA) is 49.3 Å². The van der Waals surface area contributed by atoms with Crippen LogP contribution in [0.15, 0.2) is 23.1 Å². The summed E-state index contributed by atoms with van der Waals surface area (Å²) in [5.41, 5.74) is 0. The fourth-order valence-electron chi connectivity index (χ4n) is 1.44. The summed E-state index contributed by atoms with van der Waals surface area (Å²) in [6, 6.07) is 2.73. The van der Waals surface area contributed by atoms with Crippen LogP contribution in [0.25, 0.3) is 0 Å². The smallest absolute Gasteiger partial charge is 0.320 e. The summed E-state index contributed by atoms with van der Waals surface area (Å²) >= 11 is 1.18. The highest BCUT2D eigenvalue weighted by atomic mass is 32.2. The minimum absolute atomic E-state index is 0.331. The number of likely N-dealkylation sites (N-methyl/N-ethyl adjacent to an activating group) is 1. The van der Waals surface area contributed by atoms with Crippen LogP contribution >= 0.6 is 11.8 Å². The number of carboxylic acid groups (broad SMARTS) is 1. The van der Waals surface area contributed by atoms with Gasteiger partial charge in [0, 0.05) is 16.7 Å². The fraction of sp³-hybridized carbons (Fsp3) is 0.417. The van der Waals surface area contributed by atoms with E-state index in [1.165, 1.54) is 23.9 Å². The van der Waals surface area contributed by atoms with Crippen molar-refractivity contribution in [1.82, 2.24) is 5.32 Å². The average Bonchev–Trinajstić information content (AvgIpc) is 2.30. The largest absolute Gasteiger partial charge is 0.480 e. The second-order valence-corrected chi connectivity index (χ2v) is 4.80. The Kier molecular flexibility index (Phi) is 6.07. The summed E-state index contributed by atoms with van der Waals surface area (Å²) in [6.45, 7) is 2.38. The third kappa shape index (κ3) is 4.62. The lowest BCUT2D eigenvalue weighted by Crippen LogP contribution is -2.36. The highest BCUT2D eigenvalue weighted by molar-refractivity contribution is 7.99. The Morgan fingerprint density at radius 1 is 1.50 bits per heavy atom. The molecule has 1 unspecified atom stereocenters. The number of thioether (sulfide) groups is 1. The molecule has 0 radical (unpaired) electrons. The van der Waals surface area contributed by atoms with Crippen molar-refractivity contribution in [3.05, 3.63) is 29.8 Å². The maximum atomic E-state index is 13.3. The Labute approximate surface area is 109 Å². The van der Waals surface area contributed by atoms with E-state index in [-0.39, 0.29) is 0 Å². The third-order valence-electron chi connectivity index (χ3n) is 2.31. The zero-order chi connectivity index (χ0) is 13.5. The Morgan fingerprint density at radius 2 is 2.22 bits per heavy atom. The molecule has 0 aliphatic rings. The molecule has 0 saturated heterocycles. The van der Waals surface area contributed by atoms with Gasteiger partial charge in [-0.1, -0.05) is 6.92 Å². The summed E-state index contributed by atoms with van der Waals surface area (Å²) < 4.78 is 26.0. The summed E-state index contributed by atoms with van der Waals surface area (Å²) in [5, 5.41) is 11.7. The van der Waals surface area contributed by atoms with Crippen LogP contribution in [0.4, 0.5) is 8.78 Å². The lowest BCUT2D eigenvalue weighted by molar-refractivity contribution is -0.139. The maximum Gasteiger partial charge on any atom is 0.320 e. The molecule has 2 N–H and O–H groups in total. The van der Waals surface area contributed by atoms with Gasteiger partial charge in [0.05, 0.1) is 0 Å². The molecule has 0 heterocycles. The quantitative estimate of drug-likeness (QED) is 0.751. The van der Waals surface area contributed by atoms with Gasteiger partial charge in [-0.05, 0) is 25.1 Å². The van der Waals surface area contributed by atoms with E-state index >= 15 is 0 Å². The van der Waals surface area contributed by atoms with Crippen LogP contribution < -0.4 is 5.32 Å². The van der Waals surface area contributed by atoms with Gasteiger partial charge in [0.2, 0.25) is 0 Å². The van der Waals surface area contributed by atoms with Crippen molar-refractivity contribution >= 4 is 17.7 Å². The SMILES string of the molecule is CCNC(CCSc1ccc(F)cc1F)C(=O)O. The average molecular weight is 275 g/mol. The molecular weight excluding hydrogens is 260 g/mol. The molecule has 100 valence electrons. The number of aliphatic carboxylic acids is 1. The van der Waals surface area contributed by atoms with Gasteiger partial charge in [0.15, 0.2) is 0 Å². The van der Waals surface area contributed by atoms with E-state index in [1.54, 1.807) is 0 Å². The van der Waals surface area contributed by atoms with Gasteiger partial charge < -0.3 is 10.4 Å². The molecule has 0 aliphatic heterocycles. The van der Waals surface area contributed by atoms with Gasteiger partial charge >= 0.3 is 5.97 Å². The lowest BCUT2D eigenvalue weighted by atomic mass is 10.2. The van der Waals surface area contributed by atoms with Crippen LogP contribution in [0, 0.1) is 11.6 Å². The van der Waals surface area contributed by atoms with Crippen LogP contribution in [-0.4, -0.2) is 29.4 Å². The molecule has 0 saturated carbocycles. The normalized spacial score (nSPS) is 12.4. The van der Waals surface area contributed by atoms with Gasteiger partial charge in [0.1, 0.15) is 17.7 Å². The van der Waals surface area contributed by atoms with Crippen molar-refractivity contribution in [1.29, 1.82) is 0 Å². The predicted molar refractivity (Wildman–Crippen MR) is 66.8 cm³/mol. The zero-order valence-electron chi connectivity index (χ0n) is 9.95. The van der Waals surface area contributed by atoms with E-state index in [2.05, 4.69) is 5.32 Å². The Morgan fingerprint density at radius 3 is 2.78 bits per heavy atom. The Bertz CT molecular complexity index is 415. The van der Waals surface area contributed by atoms with Crippen molar-refractivity contribution in [2.24, 2.45) is 0 Å². The molecule has 1 aromatic rings. The van der Waals surface area contributed by atoms with Crippen LogP contribution in [0.5, 0.6) is 0 Å². The van der Waals surface area contributed by atoms with Gasteiger partial charge in [0.25, 0.3) is 0 Å². The van der Waals surface area contributed by atoms with Crippen LogP contribution in [-0.2, 0) is 4.79 Å². The standard InChI is InChI=1S/C12H15F2NO2S/c1-2-15-10(12(16)17)5-6-18-11-4-3-8(13)7-9(11)14/h3-4,7,10,15H,2,5-6H2,1H3,(H,16,17). The highest BCUT2D eigenvalue weighted by Gasteiger charge is 2.15. The van der Waals surface area contributed by atoms with E-state index in [1.807, 2.05) is 6.92 Å². The molecule has 0 bridgehead atoms. The minimum Gasteiger partial charge on any atom is -0.480 e. The molecule has 1 aromatic carbocycles. The number of nitrogens with one attached hydrogen (secondary N) is 1. The van der Waals surface area contributed by atoms with E-state index in [4.69, 9.17) is 5.11 Å². The summed E-state index contributed by atoms with van der Waals surface area (Å²) in [5.74, 6) is -1.70. The molecule has 6 heteroatoms.